The highest BCUT2D eigenvalue weighted by Gasteiger charge is 2.10. The Morgan fingerprint density at radius 1 is 1.43 bits per heavy atom. The van der Waals surface area contributed by atoms with Gasteiger partial charge in [0.1, 0.15) is 0 Å². The lowest BCUT2D eigenvalue weighted by molar-refractivity contribution is -0.121. The zero-order valence-electron chi connectivity index (χ0n) is 12.5. The SMILES string of the molecule is CC(N)CCC(=O)NC(C)c1cccc(-n2ccnc2)c1. The summed E-state index contributed by atoms with van der Waals surface area (Å²) in [7, 11) is 0. The normalized spacial score (nSPS) is 13.7. The lowest BCUT2D eigenvalue weighted by atomic mass is 10.1. The summed E-state index contributed by atoms with van der Waals surface area (Å²) >= 11 is 0. The Morgan fingerprint density at radius 2 is 2.24 bits per heavy atom. The van der Waals surface area contributed by atoms with Crippen LogP contribution in [-0.2, 0) is 4.79 Å². The van der Waals surface area contributed by atoms with Crippen LogP contribution in [0.15, 0.2) is 43.0 Å². The molecule has 2 rings (SSSR count). The van der Waals surface area contributed by atoms with Gasteiger partial charge in [-0.05, 0) is 38.0 Å². The van der Waals surface area contributed by atoms with E-state index in [1.807, 2.05) is 42.8 Å². The summed E-state index contributed by atoms with van der Waals surface area (Å²) in [6, 6.07) is 8.07. The van der Waals surface area contributed by atoms with Crippen LogP contribution in [-0.4, -0.2) is 21.5 Å². The third-order valence-electron chi connectivity index (χ3n) is 3.38. The first kappa shape index (κ1) is 15.3. The first-order valence-corrected chi connectivity index (χ1v) is 7.19. The number of hydrogen-bond acceptors (Lipinski definition) is 3. The van der Waals surface area contributed by atoms with Gasteiger partial charge in [0.25, 0.3) is 0 Å². The molecule has 21 heavy (non-hydrogen) atoms. The molecule has 0 aliphatic heterocycles. The molecule has 2 atom stereocenters. The average Bonchev–Trinajstić information content (AvgIpc) is 2.99. The second kappa shape index (κ2) is 7.04. The van der Waals surface area contributed by atoms with Gasteiger partial charge >= 0.3 is 0 Å². The minimum Gasteiger partial charge on any atom is -0.350 e. The van der Waals surface area contributed by atoms with Gasteiger partial charge in [-0.2, -0.15) is 0 Å². The Balaban J connectivity index is 2.01. The van der Waals surface area contributed by atoms with Gasteiger partial charge in [-0.3, -0.25) is 4.79 Å². The number of amides is 1. The first-order valence-electron chi connectivity index (χ1n) is 7.19. The predicted octanol–water partition coefficient (Wildman–Crippen LogP) is 2.18. The summed E-state index contributed by atoms with van der Waals surface area (Å²) in [5, 5.41) is 3.00. The summed E-state index contributed by atoms with van der Waals surface area (Å²) < 4.78 is 1.94. The van der Waals surface area contributed by atoms with Crippen LogP contribution in [0.4, 0.5) is 0 Å². The van der Waals surface area contributed by atoms with Gasteiger partial charge in [-0.1, -0.05) is 12.1 Å². The van der Waals surface area contributed by atoms with Crippen LogP contribution in [0, 0.1) is 0 Å². The van der Waals surface area contributed by atoms with Crippen molar-refractivity contribution in [3.63, 3.8) is 0 Å². The summed E-state index contributed by atoms with van der Waals surface area (Å²) in [4.78, 5) is 15.9. The molecule has 0 saturated carbocycles. The third-order valence-corrected chi connectivity index (χ3v) is 3.38. The van der Waals surface area contributed by atoms with Crippen molar-refractivity contribution in [3.05, 3.63) is 48.5 Å². The van der Waals surface area contributed by atoms with Crippen LogP contribution in [0.25, 0.3) is 5.69 Å². The molecule has 5 heteroatoms. The summed E-state index contributed by atoms with van der Waals surface area (Å²) in [6.07, 6.45) is 6.55. The van der Waals surface area contributed by atoms with Gasteiger partial charge in [0.05, 0.1) is 12.4 Å². The highest BCUT2D eigenvalue weighted by Crippen LogP contribution is 2.17. The molecule has 1 heterocycles. The zero-order valence-corrected chi connectivity index (χ0v) is 12.5. The fourth-order valence-corrected chi connectivity index (χ4v) is 2.12. The Labute approximate surface area is 125 Å². The van der Waals surface area contributed by atoms with E-state index in [-0.39, 0.29) is 18.0 Å². The monoisotopic (exact) mass is 286 g/mol. The number of hydrogen-bond donors (Lipinski definition) is 2. The van der Waals surface area contributed by atoms with Crippen molar-refractivity contribution in [2.75, 3.05) is 0 Å². The van der Waals surface area contributed by atoms with Gasteiger partial charge in [-0.15, -0.1) is 0 Å². The van der Waals surface area contributed by atoms with Crippen molar-refractivity contribution in [1.29, 1.82) is 0 Å². The van der Waals surface area contributed by atoms with E-state index in [2.05, 4.69) is 16.4 Å². The van der Waals surface area contributed by atoms with Gasteiger partial charge < -0.3 is 15.6 Å². The van der Waals surface area contributed by atoms with E-state index < -0.39 is 0 Å². The molecule has 0 spiro atoms. The number of imidazole rings is 1. The molecule has 0 aliphatic carbocycles. The molecule has 112 valence electrons. The topological polar surface area (TPSA) is 72.9 Å². The molecule has 0 aliphatic rings. The van der Waals surface area contributed by atoms with Crippen molar-refractivity contribution in [2.24, 2.45) is 5.73 Å². The van der Waals surface area contributed by atoms with Gasteiger partial charge in [0.2, 0.25) is 5.91 Å². The summed E-state index contributed by atoms with van der Waals surface area (Å²) in [5.41, 5.74) is 7.76. The smallest absolute Gasteiger partial charge is 0.220 e. The largest absolute Gasteiger partial charge is 0.350 e. The second-order valence-corrected chi connectivity index (χ2v) is 5.37. The Kier molecular flexibility index (Phi) is 5.11. The molecule has 2 aromatic rings. The summed E-state index contributed by atoms with van der Waals surface area (Å²) in [5.74, 6) is 0.0350. The molecule has 0 bridgehead atoms. The molecular formula is C16H22N4O. The van der Waals surface area contributed by atoms with Crippen molar-refractivity contribution < 1.29 is 4.79 Å². The minimum atomic E-state index is -0.0333. The molecule has 1 aromatic carbocycles. The zero-order chi connectivity index (χ0) is 15.2. The molecule has 0 saturated heterocycles. The maximum Gasteiger partial charge on any atom is 0.220 e. The number of aromatic nitrogens is 2. The number of benzene rings is 1. The van der Waals surface area contributed by atoms with Crippen LogP contribution >= 0.6 is 0 Å². The maximum atomic E-state index is 11.9. The van der Waals surface area contributed by atoms with E-state index in [1.165, 1.54) is 0 Å². The van der Waals surface area contributed by atoms with E-state index in [4.69, 9.17) is 5.73 Å². The van der Waals surface area contributed by atoms with E-state index in [9.17, 15) is 4.79 Å². The van der Waals surface area contributed by atoms with Crippen molar-refractivity contribution >= 4 is 5.91 Å². The number of nitrogens with two attached hydrogens (primary N) is 1. The molecule has 0 radical (unpaired) electrons. The van der Waals surface area contributed by atoms with E-state index >= 15 is 0 Å². The van der Waals surface area contributed by atoms with Crippen molar-refractivity contribution in [3.8, 4) is 5.69 Å². The molecule has 0 fully saturated rings. The van der Waals surface area contributed by atoms with Crippen LogP contribution < -0.4 is 11.1 Å². The Morgan fingerprint density at radius 3 is 2.90 bits per heavy atom. The highest BCUT2D eigenvalue weighted by molar-refractivity contribution is 5.76. The number of nitrogens with one attached hydrogen (secondary N) is 1. The number of nitrogens with zero attached hydrogens (tertiary/aromatic N) is 2. The average molecular weight is 286 g/mol. The molecular weight excluding hydrogens is 264 g/mol. The number of carbonyl (C=O) groups excluding carboxylic acids is 1. The Hall–Kier alpha value is -2.14. The highest BCUT2D eigenvalue weighted by atomic mass is 16.1. The maximum absolute atomic E-state index is 11.9. The van der Waals surface area contributed by atoms with Crippen molar-refractivity contribution in [2.45, 2.75) is 38.8 Å². The minimum absolute atomic E-state index is 0.0333. The molecule has 5 nitrogen and oxygen atoms in total. The van der Waals surface area contributed by atoms with Crippen LogP contribution in [0.1, 0.15) is 38.3 Å². The summed E-state index contributed by atoms with van der Waals surface area (Å²) in [6.45, 7) is 3.89. The van der Waals surface area contributed by atoms with Gasteiger partial charge in [0, 0.05) is 30.5 Å². The van der Waals surface area contributed by atoms with Crippen molar-refractivity contribution in [1.82, 2.24) is 14.9 Å². The first-order chi connectivity index (χ1) is 10.1. The fraction of sp³-hybridized carbons (Fsp3) is 0.375. The van der Waals surface area contributed by atoms with E-state index in [1.54, 1.807) is 12.5 Å². The second-order valence-electron chi connectivity index (χ2n) is 5.37. The third kappa shape index (κ3) is 4.43. The Bertz CT molecular complexity index is 578. The number of rotatable bonds is 6. The molecule has 1 aromatic heterocycles. The molecule has 1 amide bonds. The lowest BCUT2D eigenvalue weighted by Crippen LogP contribution is -2.28. The predicted molar refractivity (Wildman–Crippen MR) is 83.0 cm³/mol. The van der Waals surface area contributed by atoms with Crippen LogP contribution in [0.3, 0.4) is 0 Å². The molecule has 2 unspecified atom stereocenters. The molecule has 3 N–H and O–H groups in total. The van der Waals surface area contributed by atoms with E-state index in [0.29, 0.717) is 12.8 Å². The standard InChI is InChI=1S/C16H22N4O/c1-12(17)6-7-16(21)19-13(2)14-4-3-5-15(10-14)20-9-8-18-11-20/h3-5,8-13H,6-7,17H2,1-2H3,(H,19,21). The lowest BCUT2D eigenvalue weighted by Gasteiger charge is -2.16. The van der Waals surface area contributed by atoms with E-state index in [0.717, 1.165) is 11.3 Å². The van der Waals surface area contributed by atoms with Crippen LogP contribution in [0.2, 0.25) is 0 Å². The quantitative estimate of drug-likeness (QED) is 0.855. The van der Waals surface area contributed by atoms with Gasteiger partial charge in [-0.25, -0.2) is 4.98 Å². The number of carbonyl (C=O) groups is 1. The van der Waals surface area contributed by atoms with Gasteiger partial charge in [0.15, 0.2) is 0 Å². The fourth-order valence-electron chi connectivity index (χ4n) is 2.12. The van der Waals surface area contributed by atoms with Crippen LogP contribution in [0.5, 0.6) is 0 Å².